The molecule has 0 unspecified atom stereocenters. The second-order valence-corrected chi connectivity index (χ2v) is 6.58. The van der Waals surface area contributed by atoms with E-state index in [1.165, 1.54) is 18.2 Å². The van der Waals surface area contributed by atoms with E-state index in [1.54, 1.807) is 4.90 Å². The van der Waals surface area contributed by atoms with Crippen molar-refractivity contribution in [1.82, 2.24) is 10.2 Å². The fourth-order valence-corrected chi connectivity index (χ4v) is 3.20. The Bertz CT molecular complexity index is 726. The molecule has 1 aliphatic heterocycles. The summed E-state index contributed by atoms with van der Waals surface area (Å²) in [5, 5.41) is 13.1. The van der Waals surface area contributed by atoms with E-state index in [-0.39, 0.29) is 35.8 Å². The Kier molecular flexibility index (Phi) is 6.86. The normalized spacial score (nSPS) is 19.3. The summed E-state index contributed by atoms with van der Waals surface area (Å²) in [4.78, 5) is 47.9. The van der Waals surface area contributed by atoms with Crippen molar-refractivity contribution < 1.29 is 24.0 Å². The first-order valence-electron chi connectivity index (χ1n) is 8.79. The van der Waals surface area contributed by atoms with E-state index in [0.717, 1.165) is 25.3 Å². The molecule has 9 nitrogen and oxygen atoms in total. The Hall–Kier alpha value is -2.97. The fourth-order valence-electron chi connectivity index (χ4n) is 3.20. The molecule has 1 aliphatic rings. The standard InChI is InChI=1S/C18H23N3O6/c1-12-5-3-6-13(2)20(12)16(22)11-27-17(23)10-19-18(24)14-7-4-8-15(9-14)21(25)26/h4,7-9,12-13H,3,5-6,10-11H2,1-2H3,(H,19,24)/t12-,13-/m0/s1. The summed E-state index contributed by atoms with van der Waals surface area (Å²) in [6, 6.07) is 5.37. The van der Waals surface area contributed by atoms with Crippen molar-refractivity contribution in [3.8, 4) is 0 Å². The zero-order chi connectivity index (χ0) is 20.0. The van der Waals surface area contributed by atoms with Gasteiger partial charge in [0, 0.05) is 29.8 Å². The number of carbonyl (C=O) groups is 3. The smallest absolute Gasteiger partial charge is 0.325 e. The summed E-state index contributed by atoms with van der Waals surface area (Å²) >= 11 is 0. The highest BCUT2D eigenvalue weighted by Gasteiger charge is 2.29. The first-order valence-corrected chi connectivity index (χ1v) is 8.79. The second-order valence-electron chi connectivity index (χ2n) is 6.58. The van der Waals surface area contributed by atoms with Crippen LogP contribution in [0, 0.1) is 10.1 Å². The van der Waals surface area contributed by atoms with Gasteiger partial charge in [-0.15, -0.1) is 0 Å². The van der Waals surface area contributed by atoms with Gasteiger partial charge in [-0.3, -0.25) is 24.5 Å². The number of hydrogen-bond donors (Lipinski definition) is 1. The molecule has 1 N–H and O–H groups in total. The molecule has 2 atom stereocenters. The maximum atomic E-state index is 12.3. The van der Waals surface area contributed by atoms with Crippen LogP contribution in [0.1, 0.15) is 43.5 Å². The van der Waals surface area contributed by atoms with Crippen LogP contribution in [0.4, 0.5) is 5.69 Å². The van der Waals surface area contributed by atoms with Gasteiger partial charge < -0.3 is 15.0 Å². The van der Waals surface area contributed by atoms with E-state index in [4.69, 9.17) is 4.74 Å². The van der Waals surface area contributed by atoms with Crippen molar-refractivity contribution in [3.05, 3.63) is 39.9 Å². The van der Waals surface area contributed by atoms with Crippen LogP contribution in [-0.4, -0.2) is 52.8 Å². The summed E-state index contributed by atoms with van der Waals surface area (Å²) in [7, 11) is 0. The molecular formula is C18H23N3O6. The number of ether oxygens (including phenoxy) is 1. The van der Waals surface area contributed by atoms with Crippen molar-refractivity contribution in [2.75, 3.05) is 13.2 Å². The minimum absolute atomic E-state index is 0.0593. The Morgan fingerprint density at radius 2 is 1.93 bits per heavy atom. The largest absolute Gasteiger partial charge is 0.454 e. The third-order valence-corrected chi connectivity index (χ3v) is 4.55. The minimum Gasteiger partial charge on any atom is -0.454 e. The molecular weight excluding hydrogens is 354 g/mol. The molecule has 0 bridgehead atoms. The second kappa shape index (κ2) is 9.11. The molecule has 1 fully saturated rings. The highest BCUT2D eigenvalue weighted by molar-refractivity contribution is 5.96. The molecule has 0 radical (unpaired) electrons. The van der Waals surface area contributed by atoms with Crippen molar-refractivity contribution in [1.29, 1.82) is 0 Å². The zero-order valence-corrected chi connectivity index (χ0v) is 15.3. The maximum Gasteiger partial charge on any atom is 0.325 e. The number of benzene rings is 1. The summed E-state index contributed by atoms with van der Waals surface area (Å²) in [6.07, 6.45) is 2.90. The van der Waals surface area contributed by atoms with Crippen LogP contribution in [0.2, 0.25) is 0 Å². The predicted octanol–water partition coefficient (Wildman–Crippen LogP) is 1.66. The molecule has 146 valence electrons. The monoisotopic (exact) mass is 377 g/mol. The van der Waals surface area contributed by atoms with Gasteiger partial charge in [-0.1, -0.05) is 6.07 Å². The van der Waals surface area contributed by atoms with E-state index in [2.05, 4.69) is 5.32 Å². The quantitative estimate of drug-likeness (QED) is 0.457. The summed E-state index contributed by atoms with van der Waals surface area (Å²) < 4.78 is 4.95. The van der Waals surface area contributed by atoms with Gasteiger partial charge in [0.2, 0.25) is 0 Å². The fraction of sp³-hybridized carbons (Fsp3) is 0.500. The molecule has 27 heavy (non-hydrogen) atoms. The van der Waals surface area contributed by atoms with E-state index in [1.807, 2.05) is 13.8 Å². The lowest BCUT2D eigenvalue weighted by Crippen LogP contribution is -2.49. The molecule has 0 aliphatic carbocycles. The number of non-ortho nitro benzene ring substituents is 1. The summed E-state index contributed by atoms with van der Waals surface area (Å²) in [6.45, 7) is 3.13. The number of likely N-dealkylation sites (tertiary alicyclic amines) is 1. The average Bonchev–Trinajstić information content (AvgIpc) is 2.64. The molecule has 0 saturated carbocycles. The number of esters is 1. The van der Waals surface area contributed by atoms with Crippen LogP contribution in [0.3, 0.4) is 0 Å². The molecule has 0 spiro atoms. The molecule has 0 aromatic heterocycles. The van der Waals surface area contributed by atoms with Crippen LogP contribution < -0.4 is 5.32 Å². The number of nitrogens with one attached hydrogen (secondary N) is 1. The van der Waals surface area contributed by atoms with Crippen LogP contribution in [0.5, 0.6) is 0 Å². The average molecular weight is 377 g/mol. The Morgan fingerprint density at radius 3 is 2.56 bits per heavy atom. The highest BCUT2D eigenvalue weighted by atomic mass is 16.6. The Labute approximate surface area is 156 Å². The molecule has 1 aromatic rings. The van der Waals surface area contributed by atoms with Gasteiger partial charge in [-0.05, 0) is 39.2 Å². The third kappa shape index (κ3) is 5.50. The van der Waals surface area contributed by atoms with E-state index in [0.29, 0.717) is 0 Å². The SMILES string of the molecule is C[C@H]1CCC[C@H](C)N1C(=O)COC(=O)CNC(=O)c1cccc([N+](=O)[O-])c1. The van der Waals surface area contributed by atoms with E-state index >= 15 is 0 Å². The Morgan fingerprint density at radius 1 is 1.26 bits per heavy atom. The van der Waals surface area contributed by atoms with Crippen molar-refractivity contribution in [3.63, 3.8) is 0 Å². The number of hydrogen-bond acceptors (Lipinski definition) is 6. The number of nitro groups is 1. The molecule has 1 saturated heterocycles. The molecule has 2 rings (SSSR count). The number of nitro benzene ring substituents is 1. The number of nitrogens with zero attached hydrogens (tertiary/aromatic N) is 2. The van der Waals surface area contributed by atoms with Gasteiger partial charge in [0.25, 0.3) is 17.5 Å². The van der Waals surface area contributed by atoms with Crippen LogP contribution in [-0.2, 0) is 14.3 Å². The number of piperidine rings is 1. The van der Waals surface area contributed by atoms with Crippen LogP contribution in [0.25, 0.3) is 0 Å². The number of amides is 2. The molecule has 2 amide bonds. The lowest BCUT2D eigenvalue weighted by Gasteiger charge is -2.38. The van der Waals surface area contributed by atoms with Crippen LogP contribution in [0.15, 0.2) is 24.3 Å². The van der Waals surface area contributed by atoms with Crippen molar-refractivity contribution >= 4 is 23.5 Å². The van der Waals surface area contributed by atoms with Crippen molar-refractivity contribution in [2.24, 2.45) is 0 Å². The predicted molar refractivity (Wildman–Crippen MR) is 96.0 cm³/mol. The number of carbonyl (C=O) groups excluding carboxylic acids is 3. The van der Waals surface area contributed by atoms with Gasteiger partial charge in [0.15, 0.2) is 6.61 Å². The topological polar surface area (TPSA) is 119 Å². The third-order valence-electron chi connectivity index (χ3n) is 4.55. The van der Waals surface area contributed by atoms with Gasteiger partial charge >= 0.3 is 5.97 Å². The lowest BCUT2D eigenvalue weighted by molar-refractivity contribution is -0.384. The molecule has 1 aromatic carbocycles. The van der Waals surface area contributed by atoms with Gasteiger partial charge in [0.05, 0.1) is 4.92 Å². The van der Waals surface area contributed by atoms with Crippen LogP contribution >= 0.6 is 0 Å². The summed E-state index contributed by atoms with van der Waals surface area (Å²) in [5.74, 6) is -1.65. The molecule has 1 heterocycles. The number of rotatable bonds is 6. The lowest BCUT2D eigenvalue weighted by atomic mass is 9.97. The van der Waals surface area contributed by atoms with Gasteiger partial charge in [-0.25, -0.2) is 0 Å². The first-order chi connectivity index (χ1) is 12.8. The summed E-state index contributed by atoms with van der Waals surface area (Å²) in [5.41, 5.74) is -0.162. The first kappa shape index (κ1) is 20.3. The van der Waals surface area contributed by atoms with Gasteiger partial charge in [0.1, 0.15) is 6.54 Å². The van der Waals surface area contributed by atoms with Gasteiger partial charge in [-0.2, -0.15) is 0 Å². The molecule has 9 heteroatoms. The van der Waals surface area contributed by atoms with E-state index in [9.17, 15) is 24.5 Å². The maximum absolute atomic E-state index is 12.3. The Balaban J connectivity index is 1.80. The minimum atomic E-state index is -0.751. The van der Waals surface area contributed by atoms with E-state index < -0.39 is 23.3 Å². The highest BCUT2D eigenvalue weighted by Crippen LogP contribution is 2.22. The van der Waals surface area contributed by atoms with Crippen molar-refractivity contribution in [2.45, 2.75) is 45.2 Å². The zero-order valence-electron chi connectivity index (χ0n) is 15.3.